The summed E-state index contributed by atoms with van der Waals surface area (Å²) < 4.78 is 16.5. The van der Waals surface area contributed by atoms with E-state index in [2.05, 4.69) is 35.7 Å². The molecule has 1 aromatic carbocycles. The maximum Gasteiger partial charge on any atom is 0.500 e. The van der Waals surface area contributed by atoms with Gasteiger partial charge in [0.1, 0.15) is 0 Å². The Labute approximate surface area is 141 Å². The van der Waals surface area contributed by atoms with E-state index in [1.165, 1.54) is 5.56 Å². The van der Waals surface area contributed by atoms with E-state index in [1.54, 1.807) is 21.3 Å². The van der Waals surface area contributed by atoms with Gasteiger partial charge in [-0.2, -0.15) is 0 Å². The number of nitrogens with zero attached hydrogens (tertiary/aromatic N) is 1. The lowest BCUT2D eigenvalue weighted by atomic mass is 10.1. The SMILES string of the molecule is C=CN(CCC(CN)C[Si](OC)(OC)OC)Cc1ccccc1. The van der Waals surface area contributed by atoms with Crippen LogP contribution in [0, 0.1) is 5.92 Å². The fourth-order valence-corrected chi connectivity index (χ4v) is 4.64. The van der Waals surface area contributed by atoms with Gasteiger partial charge in [-0.25, -0.2) is 0 Å². The van der Waals surface area contributed by atoms with Gasteiger partial charge in [-0.05, 0) is 30.6 Å². The lowest BCUT2D eigenvalue weighted by molar-refractivity contribution is 0.117. The molecule has 130 valence electrons. The lowest BCUT2D eigenvalue weighted by Crippen LogP contribution is -2.45. The van der Waals surface area contributed by atoms with Crippen LogP contribution >= 0.6 is 0 Å². The van der Waals surface area contributed by atoms with Crippen molar-refractivity contribution in [3.05, 3.63) is 48.7 Å². The van der Waals surface area contributed by atoms with Crippen LogP contribution in [0.2, 0.25) is 6.04 Å². The van der Waals surface area contributed by atoms with Crippen molar-refractivity contribution in [2.75, 3.05) is 34.4 Å². The van der Waals surface area contributed by atoms with Gasteiger partial charge in [0.15, 0.2) is 0 Å². The van der Waals surface area contributed by atoms with Crippen molar-refractivity contribution in [3.8, 4) is 0 Å². The Morgan fingerprint density at radius 1 is 1.17 bits per heavy atom. The Hall–Kier alpha value is -1.18. The van der Waals surface area contributed by atoms with E-state index in [1.807, 2.05) is 12.3 Å². The topological polar surface area (TPSA) is 57.0 Å². The van der Waals surface area contributed by atoms with Crippen LogP contribution in [0.25, 0.3) is 0 Å². The van der Waals surface area contributed by atoms with Gasteiger partial charge in [0.25, 0.3) is 0 Å². The van der Waals surface area contributed by atoms with Crippen molar-refractivity contribution in [1.82, 2.24) is 4.90 Å². The van der Waals surface area contributed by atoms with Gasteiger partial charge in [-0.15, -0.1) is 0 Å². The monoisotopic (exact) mass is 338 g/mol. The van der Waals surface area contributed by atoms with Gasteiger partial charge in [0, 0.05) is 40.5 Å². The fraction of sp³-hybridized carbons (Fsp3) is 0.529. The molecule has 0 saturated heterocycles. The van der Waals surface area contributed by atoms with E-state index in [9.17, 15) is 0 Å². The molecule has 0 saturated carbocycles. The Balaban J connectivity index is 2.56. The van der Waals surface area contributed by atoms with Crippen molar-refractivity contribution >= 4 is 8.80 Å². The summed E-state index contributed by atoms with van der Waals surface area (Å²) in [7, 11) is 2.33. The summed E-state index contributed by atoms with van der Waals surface area (Å²) in [4.78, 5) is 2.20. The van der Waals surface area contributed by atoms with Crippen molar-refractivity contribution in [3.63, 3.8) is 0 Å². The largest absolute Gasteiger partial charge is 0.500 e. The number of benzene rings is 1. The minimum Gasteiger partial charge on any atom is -0.377 e. The average Bonchev–Trinajstić information content (AvgIpc) is 2.62. The van der Waals surface area contributed by atoms with Crippen molar-refractivity contribution in [2.24, 2.45) is 11.7 Å². The Kier molecular flexibility index (Phi) is 9.12. The normalized spacial score (nSPS) is 12.9. The van der Waals surface area contributed by atoms with E-state index < -0.39 is 8.80 Å². The van der Waals surface area contributed by atoms with E-state index in [0.717, 1.165) is 25.6 Å². The third kappa shape index (κ3) is 6.45. The lowest BCUT2D eigenvalue weighted by Gasteiger charge is -2.29. The number of hydrogen-bond acceptors (Lipinski definition) is 5. The molecule has 1 rings (SSSR count). The quantitative estimate of drug-likeness (QED) is 0.593. The molecule has 0 heterocycles. The zero-order chi connectivity index (χ0) is 17.1. The Morgan fingerprint density at radius 2 is 1.78 bits per heavy atom. The van der Waals surface area contributed by atoms with E-state index in [-0.39, 0.29) is 0 Å². The highest BCUT2D eigenvalue weighted by atomic mass is 28.4. The molecule has 0 aliphatic rings. The molecule has 1 aromatic rings. The molecule has 0 amide bonds. The molecule has 1 unspecified atom stereocenters. The smallest absolute Gasteiger partial charge is 0.377 e. The first-order valence-electron chi connectivity index (χ1n) is 7.89. The molecule has 23 heavy (non-hydrogen) atoms. The van der Waals surface area contributed by atoms with Gasteiger partial charge in [-0.1, -0.05) is 36.9 Å². The number of rotatable bonds is 12. The van der Waals surface area contributed by atoms with Gasteiger partial charge >= 0.3 is 8.80 Å². The molecule has 0 fully saturated rings. The third-order valence-electron chi connectivity index (χ3n) is 4.12. The standard InChI is InChI=1S/C17H30N2O3Si/c1-5-19(14-16-9-7-6-8-10-16)12-11-17(13-18)15-23(20-2,21-3)22-4/h5-10,17H,1,11-15,18H2,2-4H3. The molecule has 0 radical (unpaired) electrons. The van der Waals surface area contributed by atoms with Gasteiger partial charge in [0.05, 0.1) is 0 Å². The Bertz CT molecular complexity index is 432. The highest BCUT2D eigenvalue weighted by Gasteiger charge is 2.40. The van der Waals surface area contributed by atoms with Crippen LogP contribution in [0.3, 0.4) is 0 Å². The molecule has 2 N–H and O–H groups in total. The summed E-state index contributed by atoms with van der Waals surface area (Å²) in [6.07, 6.45) is 2.83. The summed E-state index contributed by atoms with van der Waals surface area (Å²) in [6, 6.07) is 11.1. The second kappa shape index (κ2) is 10.6. The highest BCUT2D eigenvalue weighted by Crippen LogP contribution is 2.22. The molecule has 5 nitrogen and oxygen atoms in total. The van der Waals surface area contributed by atoms with E-state index >= 15 is 0 Å². The molecular formula is C17H30N2O3Si. The molecule has 1 atom stereocenters. The number of nitrogens with two attached hydrogens (primary N) is 1. The van der Waals surface area contributed by atoms with Gasteiger partial charge in [-0.3, -0.25) is 0 Å². The zero-order valence-electron chi connectivity index (χ0n) is 14.5. The van der Waals surface area contributed by atoms with Crippen molar-refractivity contribution < 1.29 is 13.3 Å². The molecule has 0 aromatic heterocycles. The third-order valence-corrected chi connectivity index (χ3v) is 7.06. The zero-order valence-corrected chi connectivity index (χ0v) is 15.5. The average molecular weight is 339 g/mol. The van der Waals surface area contributed by atoms with E-state index in [0.29, 0.717) is 12.5 Å². The van der Waals surface area contributed by atoms with Crippen LogP contribution < -0.4 is 5.73 Å². The maximum absolute atomic E-state index is 5.94. The molecule has 0 aliphatic carbocycles. The predicted molar refractivity (Wildman–Crippen MR) is 95.8 cm³/mol. The molecule has 0 aliphatic heterocycles. The van der Waals surface area contributed by atoms with Crippen LogP contribution in [0.4, 0.5) is 0 Å². The summed E-state index contributed by atoms with van der Waals surface area (Å²) in [5.41, 5.74) is 7.21. The highest BCUT2D eigenvalue weighted by molar-refractivity contribution is 6.60. The van der Waals surface area contributed by atoms with Gasteiger partial charge in [0.2, 0.25) is 0 Å². The Morgan fingerprint density at radius 3 is 2.26 bits per heavy atom. The fourth-order valence-electron chi connectivity index (χ4n) is 2.56. The summed E-state index contributed by atoms with van der Waals surface area (Å²) in [5.74, 6) is 0.291. The first-order valence-corrected chi connectivity index (χ1v) is 9.82. The maximum atomic E-state index is 5.94. The van der Waals surface area contributed by atoms with Crippen LogP contribution in [0.1, 0.15) is 12.0 Å². The molecule has 0 bridgehead atoms. The first-order chi connectivity index (χ1) is 11.1. The summed E-state index contributed by atoms with van der Waals surface area (Å²) >= 11 is 0. The second-order valence-corrected chi connectivity index (χ2v) is 8.53. The summed E-state index contributed by atoms with van der Waals surface area (Å²) in [5, 5.41) is 0. The predicted octanol–water partition coefficient (Wildman–Crippen LogP) is 2.48. The summed E-state index contributed by atoms with van der Waals surface area (Å²) in [6.45, 7) is 6.24. The van der Waals surface area contributed by atoms with Crippen molar-refractivity contribution in [1.29, 1.82) is 0 Å². The van der Waals surface area contributed by atoms with Gasteiger partial charge < -0.3 is 23.9 Å². The molecule has 0 spiro atoms. The van der Waals surface area contributed by atoms with E-state index in [4.69, 9.17) is 19.0 Å². The molecular weight excluding hydrogens is 308 g/mol. The van der Waals surface area contributed by atoms with Crippen LogP contribution in [-0.2, 0) is 19.8 Å². The van der Waals surface area contributed by atoms with Crippen LogP contribution in [0.15, 0.2) is 43.1 Å². The first kappa shape index (κ1) is 19.9. The minimum atomic E-state index is -2.58. The van der Waals surface area contributed by atoms with Crippen molar-refractivity contribution in [2.45, 2.75) is 19.0 Å². The van der Waals surface area contributed by atoms with Crippen LogP contribution in [0.5, 0.6) is 0 Å². The number of hydrogen-bond donors (Lipinski definition) is 1. The minimum absolute atomic E-state index is 0.291. The molecule has 6 heteroatoms. The second-order valence-electron chi connectivity index (χ2n) is 5.53. The van der Waals surface area contributed by atoms with Crippen LogP contribution in [-0.4, -0.2) is 48.1 Å².